The van der Waals surface area contributed by atoms with E-state index in [-0.39, 0.29) is 11.8 Å². The van der Waals surface area contributed by atoms with E-state index in [1.807, 2.05) is 41.8 Å². The summed E-state index contributed by atoms with van der Waals surface area (Å²) in [7, 11) is 0. The Labute approximate surface area is 144 Å². The molecule has 2 amide bonds. The maximum atomic E-state index is 12.8. The summed E-state index contributed by atoms with van der Waals surface area (Å²) < 4.78 is 0. The molecule has 0 bridgehead atoms. The monoisotopic (exact) mass is 328 g/mol. The van der Waals surface area contributed by atoms with Crippen molar-refractivity contribution in [3.63, 3.8) is 0 Å². The highest BCUT2D eigenvalue weighted by Gasteiger charge is 2.30. The van der Waals surface area contributed by atoms with Crippen LogP contribution in [0.5, 0.6) is 0 Å². The molecule has 1 aromatic carbocycles. The highest BCUT2D eigenvalue weighted by atomic mass is 16.2. The Morgan fingerprint density at radius 3 is 2.21 bits per heavy atom. The molecule has 1 saturated heterocycles. The third-order valence-electron chi connectivity index (χ3n) is 5.46. The zero-order valence-corrected chi connectivity index (χ0v) is 14.9. The fourth-order valence-electron chi connectivity index (χ4n) is 3.87. The first-order valence-electron chi connectivity index (χ1n) is 9.21. The van der Waals surface area contributed by atoms with E-state index in [4.69, 9.17) is 0 Å². The first-order chi connectivity index (χ1) is 11.6. The van der Waals surface area contributed by atoms with Crippen molar-refractivity contribution in [2.45, 2.75) is 46.0 Å². The van der Waals surface area contributed by atoms with Crippen LogP contribution in [0.4, 0.5) is 0 Å². The van der Waals surface area contributed by atoms with E-state index >= 15 is 0 Å². The number of carbonyl (C=O) groups excluding carboxylic acids is 2. The van der Waals surface area contributed by atoms with Crippen molar-refractivity contribution >= 4 is 11.8 Å². The minimum absolute atomic E-state index is 0.0981. The van der Waals surface area contributed by atoms with E-state index in [1.54, 1.807) is 0 Å². The number of piperazine rings is 1. The molecular weight excluding hydrogens is 300 g/mol. The number of amides is 2. The van der Waals surface area contributed by atoms with Gasteiger partial charge in [-0.3, -0.25) is 9.59 Å². The van der Waals surface area contributed by atoms with Gasteiger partial charge in [0, 0.05) is 37.7 Å². The maximum Gasteiger partial charge on any atom is 0.254 e. The second-order valence-electron chi connectivity index (χ2n) is 7.27. The Hall–Kier alpha value is -1.84. The second kappa shape index (κ2) is 7.37. The molecule has 0 spiro atoms. The minimum atomic E-state index is 0.0981. The molecule has 3 rings (SSSR count). The Morgan fingerprint density at radius 1 is 0.917 bits per heavy atom. The first-order valence-corrected chi connectivity index (χ1v) is 9.21. The van der Waals surface area contributed by atoms with Gasteiger partial charge in [-0.15, -0.1) is 0 Å². The lowest BCUT2D eigenvalue weighted by Crippen LogP contribution is -2.52. The summed E-state index contributed by atoms with van der Waals surface area (Å²) in [5, 5.41) is 0. The van der Waals surface area contributed by atoms with Crippen molar-refractivity contribution in [3.05, 3.63) is 34.9 Å². The third kappa shape index (κ3) is 3.63. The van der Waals surface area contributed by atoms with Gasteiger partial charge in [0.1, 0.15) is 0 Å². The molecule has 1 aromatic rings. The molecule has 4 nitrogen and oxygen atoms in total. The second-order valence-corrected chi connectivity index (χ2v) is 7.27. The molecule has 1 heterocycles. The van der Waals surface area contributed by atoms with E-state index in [0.717, 1.165) is 29.5 Å². The van der Waals surface area contributed by atoms with Crippen LogP contribution in [-0.4, -0.2) is 47.8 Å². The predicted molar refractivity (Wildman–Crippen MR) is 95.0 cm³/mol. The van der Waals surface area contributed by atoms with E-state index in [0.29, 0.717) is 32.1 Å². The summed E-state index contributed by atoms with van der Waals surface area (Å²) in [4.78, 5) is 29.3. The van der Waals surface area contributed by atoms with Gasteiger partial charge in [-0.25, -0.2) is 0 Å². The van der Waals surface area contributed by atoms with Gasteiger partial charge >= 0.3 is 0 Å². The fourth-order valence-corrected chi connectivity index (χ4v) is 3.87. The van der Waals surface area contributed by atoms with E-state index < -0.39 is 0 Å². The lowest BCUT2D eigenvalue weighted by molar-refractivity contribution is -0.138. The van der Waals surface area contributed by atoms with Gasteiger partial charge in [-0.2, -0.15) is 0 Å². The van der Waals surface area contributed by atoms with Crippen LogP contribution in [0.2, 0.25) is 0 Å². The van der Waals surface area contributed by atoms with E-state index in [2.05, 4.69) is 0 Å². The highest BCUT2D eigenvalue weighted by Crippen LogP contribution is 2.26. The van der Waals surface area contributed by atoms with Crippen LogP contribution in [0.3, 0.4) is 0 Å². The van der Waals surface area contributed by atoms with Gasteiger partial charge < -0.3 is 9.80 Å². The predicted octanol–water partition coefficient (Wildman–Crippen LogP) is 3.17. The van der Waals surface area contributed by atoms with Crippen LogP contribution >= 0.6 is 0 Å². The van der Waals surface area contributed by atoms with Crippen molar-refractivity contribution < 1.29 is 9.59 Å². The molecule has 0 N–H and O–H groups in total. The standard InChI is InChI=1S/C20H28N2O2/c1-15-8-9-16(2)18(14-15)20(24)22-12-10-21(11-13-22)19(23)17-6-4-3-5-7-17/h8-9,14,17H,3-7,10-13H2,1-2H3. The average Bonchev–Trinajstić information content (AvgIpc) is 2.63. The van der Waals surface area contributed by atoms with Gasteiger partial charge in [0.05, 0.1) is 0 Å². The zero-order valence-electron chi connectivity index (χ0n) is 14.9. The van der Waals surface area contributed by atoms with Crippen molar-refractivity contribution in [2.24, 2.45) is 5.92 Å². The normalized spacial score (nSPS) is 19.4. The number of benzene rings is 1. The molecule has 1 aliphatic carbocycles. The summed E-state index contributed by atoms with van der Waals surface area (Å²) in [6, 6.07) is 6.01. The van der Waals surface area contributed by atoms with Crippen molar-refractivity contribution in [1.29, 1.82) is 0 Å². The minimum Gasteiger partial charge on any atom is -0.339 e. The number of hydrogen-bond donors (Lipinski definition) is 0. The number of aryl methyl sites for hydroxylation is 2. The van der Waals surface area contributed by atoms with Crippen molar-refractivity contribution in [2.75, 3.05) is 26.2 Å². The summed E-state index contributed by atoms with van der Waals surface area (Å²) >= 11 is 0. The maximum absolute atomic E-state index is 12.8. The molecule has 0 radical (unpaired) electrons. The number of rotatable bonds is 2. The van der Waals surface area contributed by atoms with Gasteiger partial charge in [-0.05, 0) is 38.3 Å². The Bertz CT molecular complexity index is 612. The van der Waals surface area contributed by atoms with Crippen LogP contribution in [0, 0.1) is 19.8 Å². The topological polar surface area (TPSA) is 40.6 Å². The van der Waals surface area contributed by atoms with Crippen LogP contribution in [-0.2, 0) is 4.79 Å². The Morgan fingerprint density at radius 2 is 1.54 bits per heavy atom. The lowest BCUT2D eigenvalue weighted by Gasteiger charge is -2.37. The molecule has 1 aliphatic heterocycles. The highest BCUT2D eigenvalue weighted by molar-refractivity contribution is 5.96. The molecule has 24 heavy (non-hydrogen) atoms. The largest absolute Gasteiger partial charge is 0.339 e. The molecule has 2 fully saturated rings. The van der Waals surface area contributed by atoms with Crippen molar-refractivity contribution in [1.82, 2.24) is 9.80 Å². The molecule has 0 aromatic heterocycles. The summed E-state index contributed by atoms with van der Waals surface area (Å²) in [5.41, 5.74) is 2.92. The fraction of sp³-hybridized carbons (Fsp3) is 0.600. The van der Waals surface area contributed by atoms with Crippen molar-refractivity contribution in [3.8, 4) is 0 Å². The van der Waals surface area contributed by atoms with Crippen LogP contribution in [0.25, 0.3) is 0 Å². The van der Waals surface area contributed by atoms with E-state index in [1.165, 1.54) is 19.3 Å². The molecule has 0 unspecified atom stereocenters. The van der Waals surface area contributed by atoms with Crippen LogP contribution in [0.15, 0.2) is 18.2 Å². The smallest absolute Gasteiger partial charge is 0.254 e. The van der Waals surface area contributed by atoms with Gasteiger partial charge in [-0.1, -0.05) is 37.0 Å². The molecule has 4 heteroatoms. The lowest BCUT2D eigenvalue weighted by atomic mass is 9.88. The average molecular weight is 328 g/mol. The molecule has 1 saturated carbocycles. The number of nitrogens with zero attached hydrogens (tertiary/aromatic N) is 2. The molecular formula is C20H28N2O2. The molecule has 0 atom stereocenters. The first kappa shape index (κ1) is 17.0. The Balaban J connectivity index is 1.59. The SMILES string of the molecule is Cc1ccc(C)c(C(=O)N2CCN(C(=O)C3CCCCC3)CC2)c1. The summed E-state index contributed by atoms with van der Waals surface area (Å²) in [6.45, 7) is 6.62. The Kier molecular flexibility index (Phi) is 5.22. The number of hydrogen-bond acceptors (Lipinski definition) is 2. The van der Waals surface area contributed by atoms with Gasteiger partial charge in [0.2, 0.25) is 5.91 Å². The quantitative estimate of drug-likeness (QED) is 0.837. The van der Waals surface area contributed by atoms with E-state index in [9.17, 15) is 9.59 Å². The zero-order chi connectivity index (χ0) is 17.1. The summed E-state index contributed by atoms with van der Waals surface area (Å²) in [5.74, 6) is 0.634. The molecule has 2 aliphatic rings. The summed E-state index contributed by atoms with van der Waals surface area (Å²) in [6.07, 6.45) is 5.71. The van der Waals surface area contributed by atoms with Crippen LogP contribution < -0.4 is 0 Å². The van der Waals surface area contributed by atoms with Crippen LogP contribution in [0.1, 0.15) is 53.6 Å². The third-order valence-corrected chi connectivity index (χ3v) is 5.46. The van der Waals surface area contributed by atoms with Gasteiger partial charge in [0.25, 0.3) is 5.91 Å². The molecule has 130 valence electrons. The number of carbonyl (C=O) groups is 2. The van der Waals surface area contributed by atoms with Gasteiger partial charge in [0.15, 0.2) is 0 Å².